The third-order valence-corrected chi connectivity index (χ3v) is 6.31. The lowest BCUT2D eigenvalue weighted by atomic mass is 10.0. The maximum atomic E-state index is 6.03. The molecule has 0 radical (unpaired) electrons. The van der Waals surface area contributed by atoms with Gasteiger partial charge in [0.15, 0.2) is 0 Å². The molecule has 150 valence electrons. The highest BCUT2D eigenvalue weighted by atomic mass is 16.5. The van der Waals surface area contributed by atoms with Crippen LogP contribution in [0.15, 0.2) is 48.5 Å². The molecule has 2 aromatic rings. The van der Waals surface area contributed by atoms with Crippen LogP contribution >= 0.6 is 0 Å². The van der Waals surface area contributed by atoms with Gasteiger partial charge >= 0.3 is 0 Å². The first-order valence-corrected chi connectivity index (χ1v) is 10.9. The molecule has 3 heteroatoms. The lowest BCUT2D eigenvalue weighted by Crippen LogP contribution is -2.53. The zero-order chi connectivity index (χ0) is 19.3. The van der Waals surface area contributed by atoms with Gasteiger partial charge in [0.25, 0.3) is 0 Å². The average Bonchev–Trinajstić information content (AvgIpc) is 3.24. The number of ether oxygens (including phenoxy) is 1. The normalized spacial score (nSPS) is 23.9. The molecular formula is C25H34N2O. The minimum absolute atomic E-state index is 0.480. The Morgan fingerprint density at radius 3 is 2.14 bits per heavy atom. The highest BCUT2D eigenvalue weighted by molar-refractivity contribution is 5.63. The van der Waals surface area contributed by atoms with Gasteiger partial charge in [-0.2, -0.15) is 0 Å². The molecule has 1 heterocycles. The van der Waals surface area contributed by atoms with Crippen molar-refractivity contribution in [3.05, 3.63) is 59.7 Å². The van der Waals surface area contributed by atoms with Gasteiger partial charge in [-0.3, -0.25) is 4.90 Å². The fraction of sp³-hybridized carbons (Fsp3) is 0.520. The standard InChI is InChI=1S/C25H34N2O/c1-19-16-27(20(2)15-26-19)17-21-7-11-23(12-8-21)24-13-9-22(10-14-24)18-28-25-5-3-4-6-25/h7-14,19-20,25-26H,3-6,15-18H2,1-2H3/t19?,20-/m1/s1. The number of benzene rings is 2. The van der Waals surface area contributed by atoms with Crippen molar-refractivity contribution in [2.75, 3.05) is 13.1 Å². The minimum Gasteiger partial charge on any atom is -0.374 e. The molecule has 0 bridgehead atoms. The van der Waals surface area contributed by atoms with E-state index in [1.54, 1.807) is 0 Å². The van der Waals surface area contributed by atoms with Crippen molar-refractivity contribution in [2.45, 2.75) is 70.9 Å². The van der Waals surface area contributed by atoms with Crippen molar-refractivity contribution in [3.8, 4) is 11.1 Å². The summed E-state index contributed by atoms with van der Waals surface area (Å²) >= 11 is 0. The Hall–Kier alpha value is -1.68. The molecule has 0 aromatic heterocycles. The van der Waals surface area contributed by atoms with E-state index in [1.807, 2.05) is 0 Å². The monoisotopic (exact) mass is 378 g/mol. The summed E-state index contributed by atoms with van der Waals surface area (Å²) in [6.45, 7) is 8.55. The van der Waals surface area contributed by atoms with Crippen LogP contribution in [0.2, 0.25) is 0 Å². The van der Waals surface area contributed by atoms with Gasteiger partial charge in [0.1, 0.15) is 0 Å². The Kier molecular flexibility index (Phi) is 6.46. The summed E-state index contributed by atoms with van der Waals surface area (Å²) in [5.74, 6) is 0. The van der Waals surface area contributed by atoms with E-state index in [4.69, 9.17) is 4.74 Å². The smallest absolute Gasteiger partial charge is 0.0720 e. The fourth-order valence-electron chi connectivity index (χ4n) is 4.42. The molecule has 0 spiro atoms. The Labute approximate surface area is 170 Å². The van der Waals surface area contributed by atoms with E-state index in [0.29, 0.717) is 18.2 Å². The first-order chi connectivity index (χ1) is 13.7. The van der Waals surface area contributed by atoms with Gasteiger partial charge in [0.05, 0.1) is 12.7 Å². The number of hydrogen-bond acceptors (Lipinski definition) is 3. The van der Waals surface area contributed by atoms with E-state index in [1.165, 1.54) is 47.9 Å². The van der Waals surface area contributed by atoms with Crippen LogP contribution in [-0.2, 0) is 17.9 Å². The lowest BCUT2D eigenvalue weighted by Gasteiger charge is -2.37. The quantitative estimate of drug-likeness (QED) is 0.766. The van der Waals surface area contributed by atoms with Crippen LogP contribution in [-0.4, -0.2) is 36.2 Å². The predicted octanol–water partition coefficient (Wildman–Crippen LogP) is 5.00. The van der Waals surface area contributed by atoms with Crippen LogP contribution in [0.3, 0.4) is 0 Å². The molecule has 3 nitrogen and oxygen atoms in total. The molecular weight excluding hydrogens is 344 g/mol. The average molecular weight is 379 g/mol. The molecule has 2 atom stereocenters. The lowest BCUT2D eigenvalue weighted by molar-refractivity contribution is 0.0457. The van der Waals surface area contributed by atoms with Crippen LogP contribution < -0.4 is 5.32 Å². The molecule has 2 aliphatic rings. The molecule has 1 aliphatic heterocycles. The first kappa shape index (κ1) is 19.6. The number of nitrogens with one attached hydrogen (secondary N) is 1. The van der Waals surface area contributed by atoms with Crippen LogP contribution in [0.1, 0.15) is 50.7 Å². The van der Waals surface area contributed by atoms with Crippen LogP contribution in [0, 0.1) is 0 Å². The third kappa shape index (κ3) is 5.02. The maximum absolute atomic E-state index is 6.03. The summed E-state index contributed by atoms with van der Waals surface area (Å²) in [6, 6.07) is 19.1. The first-order valence-electron chi connectivity index (χ1n) is 10.9. The molecule has 2 aromatic carbocycles. The van der Waals surface area contributed by atoms with Crippen LogP contribution in [0.4, 0.5) is 0 Å². The summed E-state index contributed by atoms with van der Waals surface area (Å²) in [5.41, 5.74) is 5.23. The SMILES string of the molecule is CC1CN(Cc2ccc(-c3ccc(COC4CCCC4)cc3)cc2)[C@H](C)CN1. The van der Waals surface area contributed by atoms with Crippen molar-refractivity contribution in [3.63, 3.8) is 0 Å². The van der Waals surface area contributed by atoms with E-state index >= 15 is 0 Å². The van der Waals surface area contributed by atoms with Crippen LogP contribution in [0.5, 0.6) is 0 Å². The molecule has 1 N–H and O–H groups in total. The second-order valence-electron chi connectivity index (χ2n) is 8.70. The number of nitrogens with zero attached hydrogens (tertiary/aromatic N) is 1. The van der Waals surface area contributed by atoms with Gasteiger partial charge < -0.3 is 10.1 Å². The largest absolute Gasteiger partial charge is 0.374 e. The Balaban J connectivity index is 1.34. The van der Waals surface area contributed by atoms with Crippen molar-refractivity contribution in [1.29, 1.82) is 0 Å². The molecule has 4 rings (SSSR count). The molecule has 1 saturated heterocycles. The fourth-order valence-corrected chi connectivity index (χ4v) is 4.42. The molecule has 1 saturated carbocycles. The number of hydrogen-bond donors (Lipinski definition) is 1. The summed E-state index contributed by atoms with van der Waals surface area (Å²) in [4.78, 5) is 2.58. The summed E-state index contributed by atoms with van der Waals surface area (Å²) < 4.78 is 6.03. The van der Waals surface area contributed by atoms with E-state index in [0.717, 1.165) is 26.2 Å². The van der Waals surface area contributed by atoms with E-state index in [9.17, 15) is 0 Å². The van der Waals surface area contributed by atoms with Gasteiger partial charge in [-0.05, 0) is 48.9 Å². The molecule has 0 amide bonds. The molecule has 28 heavy (non-hydrogen) atoms. The van der Waals surface area contributed by atoms with Gasteiger partial charge in [-0.25, -0.2) is 0 Å². The second-order valence-corrected chi connectivity index (χ2v) is 8.70. The van der Waals surface area contributed by atoms with Crippen molar-refractivity contribution in [2.24, 2.45) is 0 Å². The Morgan fingerprint density at radius 2 is 1.50 bits per heavy atom. The predicted molar refractivity (Wildman–Crippen MR) is 116 cm³/mol. The zero-order valence-electron chi connectivity index (χ0n) is 17.4. The van der Waals surface area contributed by atoms with Gasteiger partial charge in [-0.15, -0.1) is 0 Å². The van der Waals surface area contributed by atoms with Crippen molar-refractivity contribution < 1.29 is 4.74 Å². The van der Waals surface area contributed by atoms with E-state index in [2.05, 4.69) is 72.6 Å². The van der Waals surface area contributed by atoms with Gasteiger partial charge in [0.2, 0.25) is 0 Å². The summed E-state index contributed by atoms with van der Waals surface area (Å²) in [5, 5.41) is 3.56. The Morgan fingerprint density at radius 1 is 0.893 bits per heavy atom. The van der Waals surface area contributed by atoms with Crippen molar-refractivity contribution in [1.82, 2.24) is 10.2 Å². The molecule has 2 fully saturated rings. The maximum Gasteiger partial charge on any atom is 0.0720 e. The van der Waals surface area contributed by atoms with E-state index < -0.39 is 0 Å². The van der Waals surface area contributed by atoms with Crippen LogP contribution in [0.25, 0.3) is 11.1 Å². The molecule has 1 aliphatic carbocycles. The van der Waals surface area contributed by atoms with E-state index in [-0.39, 0.29) is 0 Å². The van der Waals surface area contributed by atoms with Gasteiger partial charge in [0, 0.05) is 31.7 Å². The second kappa shape index (κ2) is 9.21. The topological polar surface area (TPSA) is 24.5 Å². The van der Waals surface area contributed by atoms with Crippen molar-refractivity contribution >= 4 is 0 Å². The highest BCUT2D eigenvalue weighted by Crippen LogP contribution is 2.24. The molecule has 1 unspecified atom stereocenters. The van der Waals surface area contributed by atoms with Gasteiger partial charge in [-0.1, -0.05) is 61.4 Å². The summed E-state index contributed by atoms with van der Waals surface area (Å²) in [7, 11) is 0. The summed E-state index contributed by atoms with van der Waals surface area (Å²) in [6.07, 6.45) is 5.60. The zero-order valence-corrected chi connectivity index (χ0v) is 17.4. The number of piperazine rings is 1. The third-order valence-electron chi connectivity index (χ3n) is 6.31. The minimum atomic E-state index is 0.480. The number of rotatable bonds is 6. The highest BCUT2D eigenvalue weighted by Gasteiger charge is 2.22. The Bertz CT molecular complexity index is 734.